The quantitative estimate of drug-likeness (QED) is 0.666. The number of halogens is 1. The lowest BCUT2D eigenvalue weighted by molar-refractivity contribution is -0.122. The molecule has 6 heteroatoms. The maximum absolute atomic E-state index is 11.9. The van der Waals surface area contributed by atoms with Crippen LogP contribution >= 0.6 is 39.5 Å². The van der Waals surface area contributed by atoms with Gasteiger partial charge in [-0.25, -0.2) is 0 Å². The van der Waals surface area contributed by atoms with Crippen molar-refractivity contribution < 1.29 is 4.79 Å². The summed E-state index contributed by atoms with van der Waals surface area (Å²) in [4.78, 5) is 13.1. The molecule has 0 unspecified atom stereocenters. The van der Waals surface area contributed by atoms with Gasteiger partial charge in [0.25, 0.3) is 0 Å². The molecule has 0 radical (unpaired) electrons. The largest absolute Gasteiger partial charge is 0.353 e. The Balaban J connectivity index is 2.45. The lowest BCUT2D eigenvalue weighted by Crippen LogP contribution is -2.45. The molecule has 0 aliphatic heterocycles. The van der Waals surface area contributed by atoms with E-state index in [0.29, 0.717) is 13.0 Å². The smallest absolute Gasteiger partial charge is 0.236 e. The summed E-state index contributed by atoms with van der Waals surface area (Å²) >= 11 is 6.88. The van der Waals surface area contributed by atoms with Gasteiger partial charge >= 0.3 is 0 Å². The average molecular weight is 391 g/mol. The first-order valence-corrected chi connectivity index (χ1v) is 9.81. The highest BCUT2D eigenvalue weighted by molar-refractivity contribution is 9.10. The number of nitrogens with one attached hydrogen (secondary N) is 1. The van der Waals surface area contributed by atoms with Crippen LogP contribution in [0.5, 0.6) is 0 Å². The Bertz CT molecular complexity index is 451. The van der Waals surface area contributed by atoms with Crippen molar-refractivity contribution in [3.8, 4) is 0 Å². The highest BCUT2D eigenvalue weighted by atomic mass is 79.9. The highest BCUT2D eigenvalue weighted by Crippen LogP contribution is 2.32. The van der Waals surface area contributed by atoms with E-state index >= 15 is 0 Å². The Morgan fingerprint density at radius 1 is 1.38 bits per heavy atom. The summed E-state index contributed by atoms with van der Waals surface area (Å²) in [6, 6.07) is 7.78. The van der Waals surface area contributed by atoms with Crippen LogP contribution in [0.4, 0.5) is 0 Å². The van der Waals surface area contributed by atoms with E-state index in [4.69, 9.17) is 5.73 Å². The van der Waals surface area contributed by atoms with E-state index in [9.17, 15) is 4.79 Å². The van der Waals surface area contributed by atoms with E-state index < -0.39 is 6.04 Å². The number of benzene rings is 1. The Morgan fingerprint density at radius 3 is 2.57 bits per heavy atom. The van der Waals surface area contributed by atoms with E-state index in [1.807, 2.05) is 18.4 Å². The molecule has 21 heavy (non-hydrogen) atoms. The van der Waals surface area contributed by atoms with Gasteiger partial charge in [0.1, 0.15) is 0 Å². The zero-order valence-electron chi connectivity index (χ0n) is 12.7. The van der Waals surface area contributed by atoms with E-state index in [-0.39, 0.29) is 10.7 Å². The SMILES string of the molecule is CSCC[C@H](N)C(=O)NCC(C)(C)Sc1ccc(Br)cc1. The van der Waals surface area contributed by atoms with Crippen molar-refractivity contribution >= 4 is 45.4 Å². The topological polar surface area (TPSA) is 55.1 Å². The highest BCUT2D eigenvalue weighted by Gasteiger charge is 2.22. The van der Waals surface area contributed by atoms with Crippen molar-refractivity contribution in [3.05, 3.63) is 28.7 Å². The van der Waals surface area contributed by atoms with Gasteiger partial charge in [0.05, 0.1) is 6.04 Å². The monoisotopic (exact) mass is 390 g/mol. The second-order valence-corrected chi connectivity index (χ2v) is 9.10. The van der Waals surface area contributed by atoms with Gasteiger partial charge in [-0.15, -0.1) is 11.8 Å². The van der Waals surface area contributed by atoms with Crippen molar-refractivity contribution in [3.63, 3.8) is 0 Å². The van der Waals surface area contributed by atoms with Crippen molar-refractivity contribution in [1.82, 2.24) is 5.32 Å². The van der Waals surface area contributed by atoms with Gasteiger partial charge in [-0.2, -0.15) is 11.8 Å². The molecule has 0 fully saturated rings. The predicted octanol–water partition coefficient (Wildman–Crippen LogP) is 3.52. The summed E-state index contributed by atoms with van der Waals surface area (Å²) in [6.07, 6.45) is 2.73. The van der Waals surface area contributed by atoms with Crippen LogP contribution in [0.2, 0.25) is 0 Å². The number of rotatable bonds is 8. The number of carbonyl (C=O) groups excluding carboxylic acids is 1. The van der Waals surface area contributed by atoms with Gasteiger partial charge in [0.15, 0.2) is 0 Å². The third kappa shape index (κ3) is 7.58. The van der Waals surface area contributed by atoms with Gasteiger partial charge in [0.2, 0.25) is 5.91 Å². The normalized spacial score (nSPS) is 13.0. The zero-order valence-corrected chi connectivity index (χ0v) is 15.9. The van der Waals surface area contributed by atoms with Crippen LogP contribution in [0.1, 0.15) is 20.3 Å². The first kappa shape index (κ1) is 18.9. The minimum Gasteiger partial charge on any atom is -0.353 e. The molecular formula is C15H23BrN2OS2. The van der Waals surface area contributed by atoms with Crippen LogP contribution < -0.4 is 11.1 Å². The number of hydrogen-bond donors (Lipinski definition) is 2. The van der Waals surface area contributed by atoms with Crippen LogP contribution in [0.3, 0.4) is 0 Å². The third-order valence-electron chi connectivity index (χ3n) is 2.87. The van der Waals surface area contributed by atoms with Crippen molar-refractivity contribution in [2.24, 2.45) is 5.73 Å². The van der Waals surface area contributed by atoms with Gasteiger partial charge < -0.3 is 11.1 Å². The molecule has 0 saturated heterocycles. The van der Waals surface area contributed by atoms with Crippen LogP contribution in [-0.2, 0) is 4.79 Å². The van der Waals surface area contributed by atoms with Crippen LogP contribution in [0.15, 0.2) is 33.6 Å². The lowest BCUT2D eigenvalue weighted by Gasteiger charge is -2.25. The average Bonchev–Trinajstić information content (AvgIpc) is 2.44. The molecule has 1 aromatic carbocycles. The second kappa shape index (κ2) is 9.08. The number of thioether (sulfide) groups is 2. The fraction of sp³-hybridized carbons (Fsp3) is 0.533. The number of hydrogen-bond acceptors (Lipinski definition) is 4. The second-order valence-electron chi connectivity index (χ2n) is 5.42. The molecule has 0 spiro atoms. The number of carbonyl (C=O) groups is 1. The summed E-state index contributed by atoms with van der Waals surface area (Å²) in [5, 5.41) is 2.96. The lowest BCUT2D eigenvalue weighted by atomic mass is 10.2. The van der Waals surface area contributed by atoms with Gasteiger partial charge in [-0.05, 0) is 56.5 Å². The molecule has 3 nitrogen and oxygen atoms in total. The molecule has 0 heterocycles. The van der Waals surface area contributed by atoms with Crippen LogP contribution in [0.25, 0.3) is 0 Å². The van der Waals surface area contributed by atoms with Crippen LogP contribution in [0, 0.1) is 0 Å². The molecule has 0 aliphatic carbocycles. The molecule has 1 amide bonds. The van der Waals surface area contributed by atoms with E-state index in [1.54, 1.807) is 23.5 Å². The standard InChI is InChI=1S/C15H23BrN2OS2/c1-15(2,21-12-6-4-11(16)5-7-12)10-18-14(19)13(17)8-9-20-3/h4-7,13H,8-10,17H2,1-3H3,(H,18,19)/t13-/m0/s1. The van der Waals surface area contributed by atoms with E-state index in [2.05, 4.69) is 47.2 Å². The summed E-state index contributed by atoms with van der Waals surface area (Å²) < 4.78 is 0.987. The molecule has 0 aliphatic rings. The number of nitrogens with two attached hydrogens (primary N) is 1. The molecule has 0 bridgehead atoms. The fourth-order valence-corrected chi connectivity index (χ4v) is 3.47. The number of amides is 1. The maximum Gasteiger partial charge on any atom is 0.236 e. The molecular weight excluding hydrogens is 368 g/mol. The Hall–Kier alpha value is -0.170. The maximum atomic E-state index is 11.9. The minimum absolute atomic E-state index is 0.0615. The molecule has 1 rings (SSSR count). The Morgan fingerprint density at radius 2 is 2.00 bits per heavy atom. The Kier molecular flexibility index (Phi) is 8.16. The minimum atomic E-state index is -0.411. The van der Waals surface area contributed by atoms with Crippen molar-refractivity contribution in [2.45, 2.75) is 36.0 Å². The van der Waals surface area contributed by atoms with Gasteiger partial charge in [-0.1, -0.05) is 15.9 Å². The van der Waals surface area contributed by atoms with E-state index in [0.717, 1.165) is 10.2 Å². The van der Waals surface area contributed by atoms with Crippen LogP contribution in [-0.4, -0.2) is 35.2 Å². The zero-order chi connectivity index (χ0) is 15.9. The van der Waals surface area contributed by atoms with Crippen molar-refractivity contribution in [2.75, 3.05) is 18.6 Å². The first-order valence-electron chi connectivity index (χ1n) is 6.81. The van der Waals surface area contributed by atoms with Gasteiger partial charge in [0, 0.05) is 20.7 Å². The third-order valence-corrected chi connectivity index (χ3v) is 5.24. The predicted molar refractivity (Wildman–Crippen MR) is 98.1 cm³/mol. The Labute approximate surface area is 144 Å². The molecule has 0 saturated carbocycles. The summed E-state index contributed by atoms with van der Waals surface area (Å²) in [5.41, 5.74) is 5.86. The summed E-state index contributed by atoms with van der Waals surface area (Å²) in [5.74, 6) is 0.847. The molecule has 1 aromatic rings. The summed E-state index contributed by atoms with van der Waals surface area (Å²) in [6.45, 7) is 4.83. The molecule has 118 valence electrons. The molecule has 3 N–H and O–H groups in total. The van der Waals surface area contributed by atoms with E-state index in [1.165, 1.54) is 4.90 Å². The molecule has 0 aromatic heterocycles. The first-order chi connectivity index (χ1) is 9.84. The fourth-order valence-electron chi connectivity index (χ4n) is 1.66. The van der Waals surface area contributed by atoms with Crippen molar-refractivity contribution in [1.29, 1.82) is 0 Å². The van der Waals surface area contributed by atoms with Gasteiger partial charge in [-0.3, -0.25) is 4.79 Å². The molecule has 1 atom stereocenters. The summed E-state index contributed by atoms with van der Waals surface area (Å²) in [7, 11) is 0.